The fraction of sp³-hybridized carbons (Fsp3) is 0.267. The quantitative estimate of drug-likeness (QED) is 0.799. The minimum atomic E-state index is -0.228. The molecule has 1 fully saturated rings. The lowest BCUT2D eigenvalue weighted by atomic mass is 10.1. The molecule has 1 aromatic carbocycles. The van der Waals surface area contributed by atoms with Gasteiger partial charge in [0, 0.05) is 28.9 Å². The smallest absolute Gasteiger partial charge is 0.232 e. The van der Waals surface area contributed by atoms with E-state index < -0.39 is 0 Å². The highest BCUT2D eigenvalue weighted by molar-refractivity contribution is 6.35. The molecule has 1 aromatic heterocycles. The number of nitrogens with zero attached hydrogens (tertiary/aromatic N) is 2. The highest BCUT2D eigenvalue weighted by Crippen LogP contribution is 2.27. The molecule has 20 heavy (non-hydrogen) atoms. The summed E-state index contributed by atoms with van der Waals surface area (Å²) in [5.41, 5.74) is 1.57. The minimum Gasteiger partial charge on any atom is -0.278 e. The van der Waals surface area contributed by atoms with Crippen LogP contribution in [-0.4, -0.2) is 21.7 Å². The van der Waals surface area contributed by atoms with Gasteiger partial charge < -0.3 is 0 Å². The molecule has 2 heterocycles. The van der Waals surface area contributed by atoms with E-state index in [4.69, 9.17) is 11.6 Å². The summed E-state index contributed by atoms with van der Waals surface area (Å²) in [6.45, 7) is 2.03. The summed E-state index contributed by atoms with van der Waals surface area (Å²) in [7, 11) is 0. The SMILES string of the molecule is CC1CC(=O)N(Cc2ccc(Cl)c3cccnc23)C1=O. The number of hydrogen-bond donors (Lipinski definition) is 0. The van der Waals surface area contributed by atoms with Crippen molar-refractivity contribution in [2.24, 2.45) is 5.92 Å². The molecule has 0 spiro atoms. The molecule has 0 aliphatic carbocycles. The average Bonchev–Trinajstić information content (AvgIpc) is 2.68. The van der Waals surface area contributed by atoms with E-state index in [0.29, 0.717) is 5.02 Å². The number of pyridine rings is 1. The molecule has 0 radical (unpaired) electrons. The van der Waals surface area contributed by atoms with Crippen LogP contribution in [-0.2, 0) is 16.1 Å². The van der Waals surface area contributed by atoms with Crippen LogP contribution in [0.1, 0.15) is 18.9 Å². The van der Waals surface area contributed by atoms with Crippen molar-refractivity contribution in [1.29, 1.82) is 0 Å². The van der Waals surface area contributed by atoms with E-state index in [1.807, 2.05) is 18.2 Å². The van der Waals surface area contributed by atoms with E-state index in [1.165, 1.54) is 4.90 Å². The Morgan fingerprint density at radius 3 is 2.85 bits per heavy atom. The van der Waals surface area contributed by atoms with Crippen LogP contribution in [0.4, 0.5) is 0 Å². The lowest BCUT2D eigenvalue weighted by molar-refractivity contribution is -0.139. The van der Waals surface area contributed by atoms with Crippen molar-refractivity contribution >= 4 is 34.3 Å². The van der Waals surface area contributed by atoms with Gasteiger partial charge in [0.2, 0.25) is 11.8 Å². The molecule has 3 rings (SSSR count). The Balaban J connectivity index is 2.02. The molecule has 1 atom stereocenters. The summed E-state index contributed by atoms with van der Waals surface area (Å²) >= 11 is 6.14. The van der Waals surface area contributed by atoms with E-state index in [0.717, 1.165) is 16.5 Å². The van der Waals surface area contributed by atoms with Crippen LogP contribution in [0.2, 0.25) is 5.02 Å². The number of fused-ring (bicyclic) bond motifs is 1. The number of halogens is 1. The third-order valence-corrected chi connectivity index (χ3v) is 3.93. The maximum Gasteiger partial charge on any atom is 0.232 e. The van der Waals surface area contributed by atoms with Crippen LogP contribution in [0.25, 0.3) is 10.9 Å². The molecule has 0 bridgehead atoms. The number of hydrogen-bond acceptors (Lipinski definition) is 3. The van der Waals surface area contributed by atoms with E-state index >= 15 is 0 Å². The zero-order chi connectivity index (χ0) is 14.3. The maximum atomic E-state index is 12.0. The third-order valence-electron chi connectivity index (χ3n) is 3.60. The van der Waals surface area contributed by atoms with Gasteiger partial charge in [-0.3, -0.25) is 19.5 Å². The van der Waals surface area contributed by atoms with Crippen molar-refractivity contribution in [2.45, 2.75) is 19.9 Å². The molecular weight excluding hydrogens is 276 g/mol. The number of likely N-dealkylation sites (tertiary alicyclic amines) is 1. The second kappa shape index (κ2) is 4.87. The summed E-state index contributed by atoms with van der Waals surface area (Å²) in [6.07, 6.45) is 1.97. The normalized spacial score (nSPS) is 19.1. The van der Waals surface area contributed by atoms with Crippen molar-refractivity contribution in [2.75, 3.05) is 0 Å². The second-order valence-electron chi connectivity index (χ2n) is 5.03. The predicted octanol–water partition coefficient (Wildman–Crippen LogP) is 2.78. The van der Waals surface area contributed by atoms with Gasteiger partial charge in [0.05, 0.1) is 12.1 Å². The van der Waals surface area contributed by atoms with E-state index in [9.17, 15) is 9.59 Å². The standard InChI is InChI=1S/C15H13ClN2O2/c1-9-7-13(19)18(15(9)20)8-10-4-5-12(16)11-3-2-6-17-14(10)11/h2-6,9H,7-8H2,1H3. The minimum absolute atomic E-state index is 0.117. The van der Waals surface area contributed by atoms with Gasteiger partial charge in [-0.05, 0) is 23.8 Å². The summed E-state index contributed by atoms with van der Waals surface area (Å²) in [6, 6.07) is 7.28. The third kappa shape index (κ3) is 2.06. The Labute approximate surface area is 121 Å². The molecule has 1 saturated heterocycles. The van der Waals surface area contributed by atoms with Gasteiger partial charge >= 0.3 is 0 Å². The van der Waals surface area contributed by atoms with Crippen molar-refractivity contribution in [3.8, 4) is 0 Å². The number of imide groups is 1. The summed E-state index contributed by atoms with van der Waals surface area (Å²) < 4.78 is 0. The Bertz CT molecular complexity index is 714. The van der Waals surface area contributed by atoms with Crippen LogP contribution in [0.3, 0.4) is 0 Å². The van der Waals surface area contributed by atoms with Crippen molar-refractivity contribution in [3.05, 3.63) is 41.0 Å². The first-order chi connectivity index (χ1) is 9.58. The van der Waals surface area contributed by atoms with Gasteiger partial charge in [-0.25, -0.2) is 0 Å². The van der Waals surface area contributed by atoms with Gasteiger partial charge in [0.25, 0.3) is 0 Å². The molecule has 1 aliphatic heterocycles. The van der Waals surface area contributed by atoms with Crippen LogP contribution in [0, 0.1) is 5.92 Å². The molecular formula is C15H13ClN2O2. The molecule has 1 aliphatic rings. The van der Waals surface area contributed by atoms with Crippen molar-refractivity contribution in [1.82, 2.24) is 9.88 Å². The molecule has 5 heteroatoms. The fourth-order valence-corrected chi connectivity index (χ4v) is 2.72. The first-order valence-electron chi connectivity index (χ1n) is 6.44. The number of carbonyl (C=O) groups excluding carboxylic acids is 2. The molecule has 102 valence electrons. The molecule has 1 unspecified atom stereocenters. The average molecular weight is 289 g/mol. The maximum absolute atomic E-state index is 12.0. The lowest BCUT2D eigenvalue weighted by Gasteiger charge is -2.15. The Morgan fingerprint density at radius 1 is 1.35 bits per heavy atom. The van der Waals surface area contributed by atoms with Crippen molar-refractivity contribution < 1.29 is 9.59 Å². The second-order valence-corrected chi connectivity index (χ2v) is 5.44. The van der Waals surface area contributed by atoms with E-state index in [1.54, 1.807) is 19.2 Å². The molecule has 4 nitrogen and oxygen atoms in total. The van der Waals surface area contributed by atoms with Crippen LogP contribution in [0.5, 0.6) is 0 Å². The summed E-state index contributed by atoms with van der Waals surface area (Å²) in [5.74, 6) is -0.468. The first-order valence-corrected chi connectivity index (χ1v) is 6.82. The summed E-state index contributed by atoms with van der Waals surface area (Å²) in [4.78, 5) is 29.5. The van der Waals surface area contributed by atoms with Crippen molar-refractivity contribution in [3.63, 3.8) is 0 Å². The molecule has 0 N–H and O–H groups in total. The predicted molar refractivity (Wildman–Crippen MR) is 76.1 cm³/mol. The van der Waals surface area contributed by atoms with Gasteiger partial charge in [0.1, 0.15) is 0 Å². The van der Waals surface area contributed by atoms with Gasteiger partial charge in [0.15, 0.2) is 0 Å². The largest absolute Gasteiger partial charge is 0.278 e. The molecule has 2 aromatic rings. The van der Waals surface area contributed by atoms with Gasteiger partial charge in [-0.1, -0.05) is 24.6 Å². The summed E-state index contributed by atoms with van der Waals surface area (Å²) in [5, 5.41) is 1.45. The van der Waals surface area contributed by atoms with E-state index in [-0.39, 0.29) is 30.7 Å². The number of amides is 2. The Morgan fingerprint density at radius 2 is 2.15 bits per heavy atom. The zero-order valence-corrected chi connectivity index (χ0v) is 11.7. The fourth-order valence-electron chi connectivity index (χ4n) is 2.51. The Kier molecular flexibility index (Phi) is 3.18. The molecule has 2 amide bonds. The number of rotatable bonds is 2. The number of carbonyl (C=O) groups is 2. The highest BCUT2D eigenvalue weighted by Gasteiger charge is 2.35. The topological polar surface area (TPSA) is 50.3 Å². The van der Waals surface area contributed by atoms with Crippen LogP contribution in [0.15, 0.2) is 30.5 Å². The van der Waals surface area contributed by atoms with Gasteiger partial charge in [-0.2, -0.15) is 0 Å². The highest BCUT2D eigenvalue weighted by atomic mass is 35.5. The van der Waals surface area contributed by atoms with E-state index in [2.05, 4.69) is 4.98 Å². The lowest BCUT2D eigenvalue weighted by Crippen LogP contribution is -2.29. The number of aromatic nitrogens is 1. The Hall–Kier alpha value is -1.94. The van der Waals surface area contributed by atoms with Gasteiger partial charge in [-0.15, -0.1) is 0 Å². The first kappa shape index (κ1) is 13.1. The zero-order valence-electron chi connectivity index (χ0n) is 11.0. The number of benzene rings is 1. The monoisotopic (exact) mass is 288 g/mol. The van der Waals surface area contributed by atoms with Crippen LogP contribution < -0.4 is 0 Å². The van der Waals surface area contributed by atoms with Crippen LogP contribution >= 0.6 is 11.6 Å². The molecule has 0 saturated carbocycles.